The minimum atomic E-state index is 1.09. The van der Waals surface area contributed by atoms with Crippen LogP contribution in [0, 0.1) is 0 Å². The fraction of sp³-hybridized carbons (Fsp3) is 0. The number of fused-ring (bicyclic) bond motifs is 6. The molecule has 0 fully saturated rings. The lowest BCUT2D eigenvalue weighted by atomic mass is 10.0. The molecular weight excluding hydrogens is 705 g/mol. The summed E-state index contributed by atoms with van der Waals surface area (Å²) >= 11 is 0. The number of rotatable bonds is 8. The zero-order valence-electron chi connectivity index (χ0n) is 31.7. The number of hydrogen-bond donors (Lipinski definition) is 1. The van der Waals surface area contributed by atoms with Crippen LogP contribution in [0.1, 0.15) is 0 Å². The highest BCUT2D eigenvalue weighted by Gasteiger charge is 2.18. The molecule has 0 spiro atoms. The van der Waals surface area contributed by atoms with E-state index in [1.54, 1.807) is 0 Å². The van der Waals surface area contributed by atoms with Crippen molar-refractivity contribution < 1.29 is 0 Å². The Morgan fingerprint density at radius 2 is 0.724 bits per heavy atom. The average molecular weight is 743 g/mol. The molecule has 4 heteroatoms. The molecule has 0 saturated carbocycles. The van der Waals surface area contributed by atoms with Gasteiger partial charge in [0.25, 0.3) is 0 Å². The van der Waals surface area contributed by atoms with E-state index < -0.39 is 0 Å². The topological polar surface area (TPSA) is 27.2 Å². The number of aromatic nitrogens is 2. The monoisotopic (exact) mass is 742 g/mol. The third kappa shape index (κ3) is 5.78. The molecule has 0 saturated heterocycles. The van der Waals surface area contributed by atoms with Gasteiger partial charge in [0.05, 0.1) is 11.0 Å². The third-order valence-corrected chi connectivity index (χ3v) is 11.3. The van der Waals surface area contributed by atoms with Crippen molar-refractivity contribution >= 4 is 77.7 Å². The summed E-state index contributed by atoms with van der Waals surface area (Å²) in [5.41, 5.74) is 14.7. The van der Waals surface area contributed by atoms with Gasteiger partial charge >= 0.3 is 0 Å². The Balaban J connectivity index is 0.954. The quantitative estimate of drug-likeness (QED) is 0.168. The predicted octanol–water partition coefficient (Wildman–Crippen LogP) is 15.0. The fourth-order valence-electron chi connectivity index (χ4n) is 8.59. The summed E-state index contributed by atoms with van der Waals surface area (Å²) in [6.45, 7) is 0. The van der Waals surface area contributed by atoms with Gasteiger partial charge in [-0.25, -0.2) is 0 Å². The van der Waals surface area contributed by atoms with Gasteiger partial charge in [0, 0.05) is 72.4 Å². The van der Waals surface area contributed by atoms with Gasteiger partial charge in [0.2, 0.25) is 0 Å². The minimum absolute atomic E-state index is 1.09. The molecule has 274 valence electrons. The molecular formula is C54H38N4. The summed E-state index contributed by atoms with van der Waals surface area (Å²) in [7, 11) is 0. The molecule has 0 amide bonds. The number of nitrogens with one attached hydrogen (secondary N) is 1. The SMILES string of the molecule is c1ccc(N(c2ccc(-c3ccc(N(c4ccccc4)c4ccc5c6ccccc6n(-c6ccccc6)c5c4)cc3)cc2)c2ccc3c(c2)[nH]c2ccccc23)cc1. The normalized spacial score (nSPS) is 11.4. The van der Waals surface area contributed by atoms with E-state index in [2.05, 4.69) is 244 Å². The highest BCUT2D eigenvalue weighted by atomic mass is 15.1. The maximum absolute atomic E-state index is 3.63. The predicted molar refractivity (Wildman–Crippen MR) is 245 cm³/mol. The van der Waals surface area contributed by atoms with Gasteiger partial charge in [-0.15, -0.1) is 0 Å². The largest absolute Gasteiger partial charge is 0.354 e. The Morgan fingerprint density at radius 1 is 0.293 bits per heavy atom. The van der Waals surface area contributed by atoms with Crippen LogP contribution in [-0.4, -0.2) is 9.55 Å². The van der Waals surface area contributed by atoms with E-state index in [-0.39, 0.29) is 0 Å². The maximum atomic E-state index is 3.63. The first-order chi connectivity index (χ1) is 28.8. The Kier molecular flexibility index (Phi) is 8.11. The summed E-state index contributed by atoms with van der Waals surface area (Å²) in [5, 5.41) is 4.95. The van der Waals surface area contributed by atoms with Crippen LogP contribution in [0.4, 0.5) is 34.1 Å². The number of aromatic amines is 1. The van der Waals surface area contributed by atoms with E-state index in [1.807, 2.05) is 0 Å². The van der Waals surface area contributed by atoms with Crippen LogP contribution in [0.15, 0.2) is 224 Å². The fourth-order valence-corrected chi connectivity index (χ4v) is 8.59. The molecule has 0 unspecified atom stereocenters. The second-order valence-corrected chi connectivity index (χ2v) is 14.7. The van der Waals surface area contributed by atoms with Crippen LogP contribution in [0.25, 0.3) is 60.4 Å². The van der Waals surface area contributed by atoms with E-state index in [4.69, 9.17) is 0 Å². The molecule has 11 rings (SSSR count). The van der Waals surface area contributed by atoms with Crippen molar-refractivity contribution in [2.75, 3.05) is 9.80 Å². The molecule has 0 aliphatic rings. The van der Waals surface area contributed by atoms with Crippen LogP contribution >= 0.6 is 0 Å². The van der Waals surface area contributed by atoms with Gasteiger partial charge in [-0.05, 0) is 108 Å². The van der Waals surface area contributed by atoms with Crippen molar-refractivity contribution in [2.45, 2.75) is 0 Å². The summed E-state index contributed by atoms with van der Waals surface area (Å²) < 4.78 is 2.38. The second kappa shape index (κ2) is 14.0. The maximum Gasteiger partial charge on any atom is 0.0561 e. The molecule has 2 aromatic heterocycles. The van der Waals surface area contributed by atoms with Crippen molar-refractivity contribution in [3.63, 3.8) is 0 Å². The summed E-state index contributed by atoms with van der Waals surface area (Å²) in [4.78, 5) is 8.30. The lowest BCUT2D eigenvalue weighted by molar-refractivity contribution is 1.18. The Labute approximate surface area is 337 Å². The Hall–Kier alpha value is -7.82. The van der Waals surface area contributed by atoms with Crippen LogP contribution in [0.3, 0.4) is 0 Å². The van der Waals surface area contributed by atoms with Gasteiger partial charge in [0.1, 0.15) is 0 Å². The highest BCUT2D eigenvalue weighted by Crippen LogP contribution is 2.41. The number of nitrogens with zero attached hydrogens (tertiary/aromatic N) is 3. The van der Waals surface area contributed by atoms with Gasteiger partial charge < -0.3 is 19.4 Å². The molecule has 0 aliphatic carbocycles. The minimum Gasteiger partial charge on any atom is -0.354 e. The molecule has 58 heavy (non-hydrogen) atoms. The van der Waals surface area contributed by atoms with Crippen LogP contribution in [-0.2, 0) is 0 Å². The first-order valence-electron chi connectivity index (χ1n) is 19.8. The van der Waals surface area contributed by atoms with Crippen molar-refractivity contribution in [1.82, 2.24) is 9.55 Å². The van der Waals surface area contributed by atoms with Crippen LogP contribution < -0.4 is 9.80 Å². The molecule has 0 bridgehead atoms. The summed E-state index contributed by atoms with van der Waals surface area (Å²) in [6, 6.07) is 80.5. The Morgan fingerprint density at radius 3 is 1.34 bits per heavy atom. The number of benzene rings is 9. The number of hydrogen-bond acceptors (Lipinski definition) is 2. The van der Waals surface area contributed by atoms with Crippen LogP contribution in [0.2, 0.25) is 0 Å². The Bertz CT molecular complexity index is 3200. The van der Waals surface area contributed by atoms with E-state index in [1.165, 1.54) is 32.6 Å². The molecule has 11 aromatic rings. The standard InChI is InChI=1S/C54H38N4/c1-4-14-40(15-5-1)56(45-32-34-48-47-20-10-12-22-51(47)55-52(48)36-45)43-28-24-38(25-29-43)39-26-30-44(31-27-39)57(41-16-6-2-7-17-41)46-33-35-50-49-21-11-13-23-53(49)58(54(50)37-46)42-18-8-3-9-19-42/h1-37,55H. The second-order valence-electron chi connectivity index (χ2n) is 14.7. The first-order valence-corrected chi connectivity index (χ1v) is 19.8. The lowest BCUT2D eigenvalue weighted by Crippen LogP contribution is -2.10. The average Bonchev–Trinajstić information content (AvgIpc) is 3.83. The number of para-hydroxylation sites is 5. The van der Waals surface area contributed by atoms with E-state index >= 15 is 0 Å². The first kappa shape index (κ1) is 33.5. The number of H-pyrrole nitrogens is 1. The number of anilines is 6. The molecule has 4 nitrogen and oxygen atoms in total. The smallest absolute Gasteiger partial charge is 0.0561 e. The molecule has 0 atom stereocenters. The van der Waals surface area contributed by atoms with E-state index in [0.717, 1.165) is 62.0 Å². The molecule has 1 N–H and O–H groups in total. The van der Waals surface area contributed by atoms with Crippen molar-refractivity contribution in [2.24, 2.45) is 0 Å². The zero-order valence-corrected chi connectivity index (χ0v) is 31.7. The molecule has 9 aromatic carbocycles. The summed E-state index contributed by atoms with van der Waals surface area (Å²) in [6.07, 6.45) is 0. The highest BCUT2D eigenvalue weighted by molar-refractivity contribution is 6.11. The lowest BCUT2D eigenvalue weighted by Gasteiger charge is -2.26. The molecule has 2 heterocycles. The van der Waals surface area contributed by atoms with E-state index in [9.17, 15) is 0 Å². The van der Waals surface area contributed by atoms with Gasteiger partial charge in [-0.1, -0.05) is 127 Å². The van der Waals surface area contributed by atoms with Gasteiger partial charge in [0.15, 0.2) is 0 Å². The summed E-state index contributed by atoms with van der Waals surface area (Å²) in [5.74, 6) is 0. The van der Waals surface area contributed by atoms with Gasteiger partial charge in [-0.2, -0.15) is 0 Å². The zero-order chi connectivity index (χ0) is 38.4. The molecule has 0 radical (unpaired) electrons. The van der Waals surface area contributed by atoms with E-state index in [0.29, 0.717) is 0 Å². The molecule has 0 aliphatic heterocycles. The van der Waals surface area contributed by atoms with Crippen molar-refractivity contribution in [3.8, 4) is 16.8 Å². The van der Waals surface area contributed by atoms with Crippen molar-refractivity contribution in [3.05, 3.63) is 224 Å². The van der Waals surface area contributed by atoms with Crippen molar-refractivity contribution in [1.29, 1.82) is 0 Å². The van der Waals surface area contributed by atoms with Crippen LogP contribution in [0.5, 0.6) is 0 Å². The van der Waals surface area contributed by atoms with Gasteiger partial charge in [-0.3, -0.25) is 0 Å². The third-order valence-electron chi connectivity index (χ3n) is 11.3.